The number of halogens is 1. The molecular formula is C17H14ClN3O3S. The molecule has 0 fully saturated rings. The summed E-state index contributed by atoms with van der Waals surface area (Å²) < 4.78 is 25.8. The van der Waals surface area contributed by atoms with Crippen molar-refractivity contribution in [2.75, 3.05) is 5.32 Å². The number of anilines is 2. The van der Waals surface area contributed by atoms with Crippen LogP contribution in [0.1, 0.15) is 6.92 Å². The maximum absolute atomic E-state index is 11.9. The van der Waals surface area contributed by atoms with Crippen LogP contribution in [0.3, 0.4) is 0 Å². The number of hydrogen-bond donors (Lipinski definition) is 2. The first-order valence-corrected chi connectivity index (χ1v) is 9.16. The van der Waals surface area contributed by atoms with Crippen molar-refractivity contribution in [1.82, 2.24) is 9.71 Å². The van der Waals surface area contributed by atoms with Gasteiger partial charge in [-0.05, 0) is 48.5 Å². The Morgan fingerprint density at radius 3 is 2.48 bits per heavy atom. The molecule has 0 saturated carbocycles. The van der Waals surface area contributed by atoms with Crippen LogP contribution < -0.4 is 10.0 Å². The number of rotatable bonds is 4. The molecule has 8 heteroatoms. The number of sulfonamides is 1. The Morgan fingerprint density at radius 2 is 1.80 bits per heavy atom. The summed E-state index contributed by atoms with van der Waals surface area (Å²) in [6.45, 7) is 1.15. The van der Waals surface area contributed by atoms with Gasteiger partial charge < -0.3 is 5.32 Å². The molecule has 0 spiro atoms. The van der Waals surface area contributed by atoms with Crippen LogP contribution in [0.4, 0.5) is 11.4 Å². The molecule has 1 amide bonds. The summed E-state index contributed by atoms with van der Waals surface area (Å²) in [4.78, 5) is 15.3. The molecular weight excluding hydrogens is 362 g/mol. The highest BCUT2D eigenvalue weighted by molar-refractivity contribution is 7.90. The number of fused-ring (bicyclic) bond motifs is 1. The minimum absolute atomic E-state index is 0.0135. The summed E-state index contributed by atoms with van der Waals surface area (Å²) in [6, 6.07) is 13.3. The van der Waals surface area contributed by atoms with Crippen LogP contribution in [-0.2, 0) is 14.8 Å². The Balaban J connectivity index is 1.89. The van der Waals surface area contributed by atoms with Crippen molar-refractivity contribution in [3.05, 3.63) is 59.8 Å². The van der Waals surface area contributed by atoms with E-state index in [1.807, 2.05) is 16.9 Å². The molecule has 1 heterocycles. The van der Waals surface area contributed by atoms with E-state index in [1.54, 1.807) is 30.5 Å². The third kappa shape index (κ3) is 3.89. The molecule has 0 aliphatic carbocycles. The third-order valence-corrected chi connectivity index (χ3v) is 5.11. The lowest BCUT2D eigenvalue weighted by Gasteiger charge is -2.11. The van der Waals surface area contributed by atoms with Crippen LogP contribution in [0, 0.1) is 0 Å². The van der Waals surface area contributed by atoms with Crippen molar-refractivity contribution in [1.29, 1.82) is 0 Å². The normalized spacial score (nSPS) is 11.3. The van der Waals surface area contributed by atoms with Gasteiger partial charge >= 0.3 is 0 Å². The summed E-state index contributed by atoms with van der Waals surface area (Å²) in [7, 11) is -3.84. The fraction of sp³-hybridized carbons (Fsp3) is 0.0588. The van der Waals surface area contributed by atoms with Gasteiger partial charge in [0, 0.05) is 34.9 Å². The van der Waals surface area contributed by atoms with Gasteiger partial charge in [0.1, 0.15) is 0 Å². The maximum Gasteiger partial charge on any atom is 0.264 e. The zero-order valence-corrected chi connectivity index (χ0v) is 14.7. The van der Waals surface area contributed by atoms with Gasteiger partial charge in [-0.25, -0.2) is 13.1 Å². The fourth-order valence-electron chi connectivity index (χ4n) is 2.35. The molecule has 0 aliphatic rings. The number of pyridine rings is 1. The first-order chi connectivity index (χ1) is 11.8. The Labute approximate surface area is 149 Å². The van der Waals surface area contributed by atoms with Crippen LogP contribution in [0.5, 0.6) is 0 Å². The first kappa shape index (κ1) is 17.2. The van der Waals surface area contributed by atoms with E-state index in [-0.39, 0.29) is 4.90 Å². The highest BCUT2D eigenvalue weighted by Gasteiger charge is 2.15. The number of amides is 1. The van der Waals surface area contributed by atoms with Crippen molar-refractivity contribution < 1.29 is 13.2 Å². The smallest absolute Gasteiger partial charge is 0.264 e. The van der Waals surface area contributed by atoms with Crippen molar-refractivity contribution in [3.63, 3.8) is 0 Å². The molecule has 2 N–H and O–H groups in total. The predicted molar refractivity (Wildman–Crippen MR) is 97.5 cm³/mol. The molecule has 0 unspecified atom stereocenters. The van der Waals surface area contributed by atoms with E-state index in [0.29, 0.717) is 10.7 Å². The summed E-state index contributed by atoms with van der Waals surface area (Å²) in [5.74, 6) is -0.635. The standard InChI is InChI=1S/C17H14ClN3O3S/c1-11(22)21-25(23,24)14-5-3-13(4-6-14)20-16-8-9-19-17-10-12(18)2-7-15(16)17/h2-10H,1H3,(H,19,20)(H,21,22). The Kier molecular flexibility index (Phi) is 4.61. The van der Waals surface area contributed by atoms with E-state index < -0.39 is 15.9 Å². The van der Waals surface area contributed by atoms with Crippen LogP contribution >= 0.6 is 11.6 Å². The van der Waals surface area contributed by atoms with Crippen LogP contribution in [-0.4, -0.2) is 19.3 Å². The van der Waals surface area contributed by atoms with Gasteiger partial charge in [0.05, 0.1) is 10.4 Å². The Hall–Kier alpha value is -2.64. The number of benzene rings is 2. The lowest BCUT2D eigenvalue weighted by molar-refractivity contribution is -0.117. The van der Waals surface area contributed by atoms with E-state index in [1.165, 1.54) is 12.1 Å². The van der Waals surface area contributed by atoms with Gasteiger partial charge in [-0.2, -0.15) is 0 Å². The van der Waals surface area contributed by atoms with Crippen molar-refractivity contribution >= 4 is 49.8 Å². The number of nitrogens with one attached hydrogen (secondary N) is 2. The lowest BCUT2D eigenvalue weighted by Crippen LogP contribution is -2.28. The molecule has 3 rings (SSSR count). The largest absolute Gasteiger partial charge is 0.355 e. The molecule has 0 saturated heterocycles. The van der Waals surface area contributed by atoms with E-state index in [0.717, 1.165) is 23.5 Å². The van der Waals surface area contributed by atoms with Crippen LogP contribution in [0.25, 0.3) is 10.9 Å². The van der Waals surface area contributed by atoms with Gasteiger partial charge in [-0.1, -0.05) is 11.6 Å². The topological polar surface area (TPSA) is 88.2 Å². The second-order valence-electron chi connectivity index (χ2n) is 5.33. The van der Waals surface area contributed by atoms with Crippen LogP contribution in [0.2, 0.25) is 5.02 Å². The third-order valence-electron chi connectivity index (χ3n) is 3.43. The highest BCUT2D eigenvalue weighted by atomic mass is 35.5. The molecule has 1 aromatic heterocycles. The summed E-state index contributed by atoms with van der Waals surface area (Å²) >= 11 is 5.98. The Morgan fingerprint density at radius 1 is 1.08 bits per heavy atom. The minimum Gasteiger partial charge on any atom is -0.355 e. The van der Waals surface area contributed by atoms with E-state index in [9.17, 15) is 13.2 Å². The molecule has 25 heavy (non-hydrogen) atoms. The maximum atomic E-state index is 11.9. The second-order valence-corrected chi connectivity index (χ2v) is 7.45. The zero-order valence-electron chi connectivity index (χ0n) is 13.2. The highest BCUT2D eigenvalue weighted by Crippen LogP contribution is 2.27. The van der Waals surface area contributed by atoms with Crippen molar-refractivity contribution in [3.8, 4) is 0 Å². The molecule has 3 aromatic rings. The lowest BCUT2D eigenvalue weighted by atomic mass is 10.2. The molecule has 2 aromatic carbocycles. The summed E-state index contributed by atoms with van der Waals surface area (Å²) in [6.07, 6.45) is 1.66. The van der Waals surface area contributed by atoms with Gasteiger partial charge in [0.25, 0.3) is 10.0 Å². The summed E-state index contributed by atoms with van der Waals surface area (Å²) in [5, 5.41) is 4.71. The zero-order chi connectivity index (χ0) is 18.0. The Bertz CT molecular complexity index is 1050. The predicted octanol–water partition coefficient (Wildman–Crippen LogP) is 3.46. The van der Waals surface area contributed by atoms with Gasteiger partial charge in [-0.15, -0.1) is 0 Å². The number of carbonyl (C=O) groups excluding carboxylic acids is 1. The monoisotopic (exact) mass is 375 g/mol. The number of nitrogens with zero attached hydrogens (tertiary/aromatic N) is 1. The molecule has 0 bridgehead atoms. The SMILES string of the molecule is CC(=O)NS(=O)(=O)c1ccc(Nc2ccnc3cc(Cl)ccc23)cc1. The minimum atomic E-state index is -3.84. The summed E-state index contributed by atoms with van der Waals surface area (Å²) in [5.41, 5.74) is 2.27. The average molecular weight is 376 g/mol. The number of carbonyl (C=O) groups is 1. The van der Waals surface area contributed by atoms with Crippen molar-refractivity contribution in [2.24, 2.45) is 0 Å². The first-order valence-electron chi connectivity index (χ1n) is 7.30. The van der Waals surface area contributed by atoms with Gasteiger partial charge in [-0.3, -0.25) is 9.78 Å². The molecule has 0 atom stereocenters. The van der Waals surface area contributed by atoms with Crippen molar-refractivity contribution in [2.45, 2.75) is 11.8 Å². The average Bonchev–Trinajstić information content (AvgIpc) is 2.54. The van der Waals surface area contributed by atoms with Gasteiger partial charge in [0.15, 0.2) is 0 Å². The van der Waals surface area contributed by atoms with E-state index in [4.69, 9.17) is 11.6 Å². The number of aromatic nitrogens is 1. The number of hydrogen-bond acceptors (Lipinski definition) is 5. The van der Waals surface area contributed by atoms with E-state index >= 15 is 0 Å². The molecule has 6 nitrogen and oxygen atoms in total. The van der Waals surface area contributed by atoms with Gasteiger partial charge in [0.2, 0.25) is 5.91 Å². The molecule has 0 radical (unpaired) electrons. The second kappa shape index (κ2) is 6.70. The molecule has 0 aliphatic heterocycles. The van der Waals surface area contributed by atoms with Crippen LogP contribution in [0.15, 0.2) is 59.6 Å². The fourth-order valence-corrected chi connectivity index (χ4v) is 3.51. The van der Waals surface area contributed by atoms with E-state index in [2.05, 4.69) is 10.3 Å². The quantitative estimate of drug-likeness (QED) is 0.729. The molecule has 128 valence electrons.